The van der Waals surface area contributed by atoms with Gasteiger partial charge in [-0.05, 0) is 54.7 Å². The van der Waals surface area contributed by atoms with E-state index in [9.17, 15) is 19.1 Å². The van der Waals surface area contributed by atoms with Gasteiger partial charge >= 0.3 is 5.97 Å². The number of aliphatic carboxylic acids is 1. The summed E-state index contributed by atoms with van der Waals surface area (Å²) in [7, 11) is 0. The van der Waals surface area contributed by atoms with Gasteiger partial charge in [-0.1, -0.05) is 11.6 Å². The van der Waals surface area contributed by atoms with Crippen LogP contribution in [0, 0.1) is 10.6 Å². The molecule has 2 aromatic carbocycles. The Morgan fingerprint density at radius 2 is 2.00 bits per heavy atom. The molecule has 0 amide bonds. The van der Waals surface area contributed by atoms with Crippen LogP contribution in [0.2, 0.25) is 5.02 Å². The van der Waals surface area contributed by atoms with Crippen molar-refractivity contribution in [3.05, 3.63) is 74.0 Å². The molecule has 30 heavy (non-hydrogen) atoms. The van der Waals surface area contributed by atoms with E-state index in [-0.39, 0.29) is 26.8 Å². The average Bonchev–Trinajstić information content (AvgIpc) is 2.69. The van der Waals surface area contributed by atoms with E-state index in [0.29, 0.717) is 5.69 Å². The molecule has 0 aliphatic heterocycles. The summed E-state index contributed by atoms with van der Waals surface area (Å²) >= 11 is 12.1. The molecule has 3 rings (SSSR count). The number of carbonyl (C=O) groups is 1. The first-order valence-electron chi connectivity index (χ1n) is 8.28. The van der Waals surface area contributed by atoms with Crippen LogP contribution in [0.1, 0.15) is 5.56 Å². The van der Waals surface area contributed by atoms with Gasteiger partial charge in [-0.2, -0.15) is 0 Å². The van der Waals surface area contributed by atoms with Gasteiger partial charge in [-0.15, -0.1) is 11.8 Å². The number of carboxylic acids is 1. The molecule has 11 heteroatoms. The molecule has 7 nitrogen and oxygen atoms in total. The van der Waals surface area contributed by atoms with Gasteiger partial charge in [0.25, 0.3) is 5.56 Å². The van der Waals surface area contributed by atoms with E-state index in [1.54, 1.807) is 24.3 Å². The molecule has 0 bridgehead atoms. The molecular formula is C19H13ClFN3O4S2. The minimum atomic E-state index is -0.919. The van der Waals surface area contributed by atoms with Crippen molar-refractivity contribution in [2.45, 2.75) is 4.90 Å². The lowest BCUT2D eigenvalue weighted by Gasteiger charge is -2.11. The summed E-state index contributed by atoms with van der Waals surface area (Å²) in [6.07, 6.45) is 1.17. The van der Waals surface area contributed by atoms with Crippen molar-refractivity contribution in [1.82, 2.24) is 9.55 Å². The van der Waals surface area contributed by atoms with Crippen LogP contribution >= 0.6 is 35.6 Å². The zero-order valence-corrected chi connectivity index (χ0v) is 17.4. The lowest BCUT2D eigenvalue weighted by atomic mass is 10.2. The second kappa shape index (κ2) is 9.24. The number of nitrogens with one attached hydrogen (secondary N) is 1. The van der Waals surface area contributed by atoms with Crippen molar-refractivity contribution in [2.75, 3.05) is 5.75 Å². The highest BCUT2D eigenvalue weighted by Crippen LogP contribution is 2.24. The predicted molar refractivity (Wildman–Crippen MR) is 116 cm³/mol. The maximum atomic E-state index is 13.4. The average molecular weight is 466 g/mol. The van der Waals surface area contributed by atoms with Crippen LogP contribution in [0.25, 0.3) is 5.69 Å². The fraction of sp³-hybridized carbons (Fsp3) is 0.0526. The van der Waals surface area contributed by atoms with E-state index < -0.39 is 23.2 Å². The lowest BCUT2D eigenvalue weighted by molar-refractivity contribution is -0.133. The number of aromatic amines is 1. The van der Waals surface area contributed by atoms with Gasteiger partial charge in [0, 0.05) is 11.1 Å². The SMILES string of the molecule is O=C(O)CSc1ccc(N=Cc2c(O)n(-c3ccc(F)c(Cl)c3)c(=S)[nH]c2=O)cc1. The number of carboxylic acid groups (broad SMARTS) is 1. The summed E-state index contributed by atoms with van der Waals surface area (Å²) in [6.45, 7) is 0. The first-order chi connectivity index (χ1) is 14.3. The normalized spacial score (nSPS) is 11.1. The van der Waals surface area contributed by atoms with Crippen LogP contribution in [-0.4, -0.2) is 37.7 Å². The molecule has 1 heterocycles. The molecule has 0 aliphatic rings. The Balaban J connectivity index is 1.94. The number of rotatable bonds is 6. The first kappa shape index (κ1) is 21.8. The minimum absolute atomic E-state index is 0.0628. The number of nitrogens with zero attached hydrogens (tertiary/aromatic N) is 2. The van der Waals surface area contributed by atoms with Crippen LogP contribution in [0.15, 0.2) is 57.1 Å². The molecule has 0 fully saturated rings. The van der Waals surface area contributed by atoms with Crippen LogP contribution < -0.4 is 5.56 Å². The molecule has 0 saturated carbocycles. The molecule has 1 aromatic heterocycles. The van der Waals surface area contributed by atoms with Gasteiger partial charge in [-0.3, -0.25) is 24.1 Å². The summed E-state index contributed by atoms with van der Waals surface area (Å²) in [4.78, 5) is 30.2. The maximum absolute atomic E-state index is 13.4. The highest BCUT2D eigenvalue weighted by atomic mass is 35.5. The van der Waals surface area contributed by atoms with E-state index in [2.05, 4.69) is 9.98 Å². The number of halogens is 2. The van der Waals surface area contributed by atoms with Crippen molar-refractivity contribution in [3.63, 3.8) is 0 Å². The molecule has 0 radical (unpaired) electrons. The summed E-state index contributed by atoms with van der Waals surface area (Å²) in [6, 6.07) is 10.4. The second-order valence-electron chi connectivity index (χ2n) is 5.86. The number of aromatic nitrogens is 2. The summed E-state index contributed by atoms with van der Waals surface area (Å²) in [5, 5.41) is 19.1. The zero-order chi connectivity index (χ0) is 21.8. The Morgan fingerprint density at radius 3 is 2.63 bits per heavy atom. The van der Waals surface area contributed by atoms with E-state index in [1.807, 2.05) is 0 Å². The Morgan fingerprint density at radius 1 is 1.30 bits per heavy atom. The smallest absolute Gasteiger partial charge is 0.313 e. The monoisotopic (exact) mass is 465 g/mol. The van der Waals surface area contributed by atoms with Crippen molar-refractivity contribution in [1.29, 1.82) is 0 Å². The van der Waals surface area contributed by atoms with Crippen LogP contribution in [0.3, 0.4) is 0 Å². The van der Waals surface area contributed by atoms with Gasteiger partial charge in [0.2, 0.25) is 5.88 Å². The quantitative estimate of drug-likeness (QED) is 0.284. The minimum Gasteiger partial charge on any atom is -0.494 e. The van der Waals surface area contributed by atoms with E-state index in [0.717, 1.165) is 27.3 Å². The van der Waals surface area contributed by atoms with Crippen molar-refractivity contribution < 1.29 is 19.4 Å². The first-order valence-corrected chi connectivity index (χ1v) is 10.1. The number of benzene rings is 2. The Kier molecular flexibility index (Phi) is 6.70. The molecule has 0 atom stereocenters. The molecular weight excluding hydrogens is 453 g/mol. The Bertz CT molecular complexity index is 1260. The number of aromatic hydroxyl groups is 1. The Hall–Kier alpha value is -2.95. The van der Waals surface area contributed by atoms with Crippen molar-refractivity contribution in [3.8, 4) is 11.6 Å². The highest BCUT2D eigenvalue weighted by Gasteiger charge is 2.14. The third-order valence-corrected chi connectivity index (χ3v) is 5.40. The van der Waals surface area contributed by atoms with E-state index in [1.165, 1.54) is 18.3 Å². The number of H-pyrrole nitrogens is 1. The highest BCUT2D eigenvalue weighted by molar-refractivity contribution is 8.00. The molecule has 3 aromatic rings. The third kappa shape index (κ3) is 4.96. The van der Waals surface area contributed by atoms with Crippen molar-refractivity contribution >= 4 is 53.5 Å². The zero-order valence-electron chi connectivity index (χ0n) is 15.0. The molecule has 3 N–H and O–H groups in total. The fourth-order valence-corrected chi connectivity index (χ4v) is 3.51. The summed E-state index contributed by atoms with van der Waals surface area (Å²) in [5.74, 6) is -2.10. The molecule has 0 saturated heterocycles. The van der Waals surface area contributed by atoms with Crippen LogP contribution in [0.5, 0.6) is 5.88 Å². The number of hydrogen-bond acceptors (Lipinski definition) is 6. The third-order valence-electron chi connectivity index (χ3n) is 3.82. The van der Waals surface area contributed by atoms with Gasteiger partial charge in [0.05, 0.1) is 22.2 Å². The largest absolute Gasteiger partial charge is 0.494 e. The van der Waals surface area contributed by atoms with Crippen molar-refractivity contribution in [2.24, 2.45) is 4.99 Å². The summed E-state index contributed by atoms with van der Waals surface area (Å²) < 4.78 is 14.5. The van der Waals surface area contributed by atoms with Gasteiger partial charge < -0.3 is 10.2 Å². The molecule has 0 aliphatic carbocycles. The standard InChI is InChI=1S/C19H13ClFN3O4S2/c20-14-7-11(3-6-15(14)21)24-18(28)13(17(27)23-19(24)29)8-22-10-1-4-12(5-2-10)30-9-16(25)26/h1-8,28H,9H2,(H,25,26)(H,23,27,29). The van der Waals surface area contributed by atoms with Gasteiger partial charge in [0.15, 0.2) is 4.77 Å². The Labute approximate surface area is 183 Å². The second-order valence-corrected chi connectivity index (χ2v) is 7.71. The van der Waals surface area contributed by atoms with Gasteiger partial charge in [-0.25, -0.2) is 4.39 Å². The number of thioether (sulfide) groups is 1. The van der Waals surface area contributed by atoms with Crippen LogP contribution in [0.4, 0.5) is 10.1 Å². The predicted octanol–water partition coefficient (Wildman–Crippen LogP) is 4.32. The topological polar surface area (TPSA) is 108 Å². The van der Waals surface area contributed by atoms with Gasteiger partial charge in [0.1, 0.15) is 11.4 Å². The number of hydrogen-bond donors (Lipinski definition) is 3. The number of aliphatic imine (C=N–C) groups is 1. The maximum Gasteiger partial charge on any atom is 0.313 e. The van der Waals surface area contributed by atoms with E-state index in [4.69, 9.17) is 28.9 Å². The fourth-order valence-electron chi connectivity index (χ4n) is 2.43. The molecule has 0 unspecified atom stereocenters. The van der Waals surface area contributed by atoms with Crippen LogP contribution in [-0.2, 0) is 4.79 Å². The lowest BCUT2D eigenvalue weighted by Crippen LogP contribution is -2.18. The molecule has 154 valence electrons. The van der Waals surface area contributed by atoms with E-state index >= 15 is 0 Å². The summed E-state index contributed by atoms with van der Waals surface area (Å²) in [5.41, 5.74) is -0.0744. The molecule has 0 spiro atoms.